The molecule has 2 rings (SSSR count). The highest BCUT2D eigenvalue weighted by atomic mass is 79.9. The van der Waals surface area contributed by atoms with Crippen molar-refractivity contribution in [1.82, 2.24) is 0 Å². The summed E-state index contributed by atoms with van der Waals surface area (Å²) in [7, 11) is 0. The Bertz CT molecular complexity index is 590. The second-order valence-electron chi connectivity index (χ2n) is 4.56. The first-order chi connectivity index (χ1) is 8.97. The average Bonchev–Trinajstić information content (AvgIpc) is 2.34. The maximum Gasteiger partial charge on any atom is 0.147 e. The van der Waals surface area contributed by atoms with E-state index in [0.29, 0.717) is 22.5 Å². The number of benzene rings is 2. The van der Waals surface area contributed by atoms with Gasteiger partial charge in [0.25, 0.3) is 0 Å². The van der Waals surface area contributed by atoms with Gasteiger partial charge in [-0.15, -0.1) is 0 Å². The van der Waals surface area contributed by atoms with Gasteiger partial charge >= 0.3 is 0 Å². The van der Waals surface area contributed by atoms with Crippen LogP contribution in [0, 0.1) is 19.7 Å². The highest BCUT2D eigenvalue weighted by Gasteiger charge is 2.05. The van der Waals surface area contributed by atoms with Crippen molar-refractivity contribution in [1.29, 1.82) is 0 Å². The van der Waals surface area contributed by atoms with Crippen molar-refractivity contribution in [3.63, 3.8) is 0 Å². The number of aryl methyl sites for hydroxylation is 2. The Morgan fingerprint density at radius 2 is 1.79 bits per heavy atom. The predicted molar refractivity (Wildman–Crippen MR) is 79.0 cm³/mol. The first-order valence-electron chi connectivity index (χ1n) is 5.95. The Balaban J connectivity index is 2.14. The quantitative estimate of drug-likeness (QED) is 0.870. The summed E-state index contributed by atoms with van der Waals surface area (Å²) in [5.41, 5.74) is 3.13. The van der Waals surface area contributed by atoms with E-state index < -0.39 is 0 Å². The largest absolute Gasteiger partial charge is 0.507 e. The molecular formula is C15H15BrFNO. The van der Waals surface area contributed by atoms with Crippen LogP contribution in [-0.2, 0) is 6.54 Å². The number of hydrogen-bond donors (Lipinski definition) is 2. The minimum atomic E-state index is -0.290. The predicted octanol–water partition coefficient (Wildman–Crippen LogP) is 4.52. The fraction of sp³-hybridized carbons (Fsp3) is 0.200. The average molecular weight is 324 g/mol. The molecule has 0 aliphatic rings. The van der Waals surface area contributed by atoms with Gasteiger partial charge in [-0.1, -0.05) is 28.1 Å². The van der Waals surface area contributed by atoms with Gasteiger partial charge in [-0.05, 0) is 48.7 Å². The van der Waals surface area contributed by atoms with Crippen LogP contribution in [0.15, 0.2) is 34.8 Å². The van der Waals surface area contributed by atoms with Crippen molar-refractivity contribution in [2.75, 3.05) is 5.32 Å². The number of phenolic OH excluding ortho intramolecular Hbond substituents is 1. The van der Waals surface area contributed by atoms with Crippen LogP contribution in [0.3, 0.4) is 0 Å². The van der Waals surface area contributed by atoms with E-state index >= 15 is 0 Å². The lowest BCUT2D eigenvalue weighted by Gasteiger charge is -2.11. The minimum absolute atomic E-state index is 0.290. The molecule has 0 aliphatic carbocycles. The van der Waals surface area contributed by atoms with Crippen LogP contribution in [0.5, 0.6) is 5.75 Å². The second kappa shape index (κ2) is 5.61. The van der Waals surface area contributed by atoms with Gasteiger partial charge in [-0.25, -0.2) is 4.39 Å². The van der Waals surface area contributed by atoms with Crippen molar-refractivity contribution in [3.05, 3.63) is 57.3 Å². The molecule has 0 aromatic heterocycles. The van der Waals surface area contributed by atoms with Crippen LogP contribution >= 0.6 is 15.9 Å². The lowest BCUT2D eigenvalue weighted by atomic mass is 10.1. The lowest BCUT2D eigenvalue weighted by Crippen LogP contribution is -2.02. The van der Waals surface area contributed by atoms with Gasteiger partial charge in [-0.3, -0.25) is 0 Å². The monoisotopic (exact) mass is 323 g/mol. The molecule has 2 N–H and O–H groups in total. The zero-order chi connectivity index (χ0) is 14.0. The summed E-state index contributed by atoms with van der Waals surface area (Å²) in [5, 5.41) is 12.8. The molecule has 100 valence electrons. The Hall–Kier alpha value is -1.55. The maximum absolute atomic E-state index is 13.6. The van der Waals surface area contributed by atoms with Crippen LogP contribution in [0.2, 0.25) is 0 Å². The number of rotatable bonds is 3. The van der Waals surface area contributed by atoms with Crippen LogP contribution in [0.4, 0.5) is 10.1 Å². The van der Waals surface area contributed by atoms with Gasteiger partial charge in [0, 0.05) is 11.0 Å². The molecule has 0 spiro atoms. The van der Waals surface area contributed by atoms with Gasteiger partial charge < -0.3 is 10.4 Å². The first kappa shape index (κ1) is 13.9. The molecule has 4 heteroatoms. The summed E-state index contributed by atoms with van der Waals surface area (Å²) in [6, 6.07) is 8.70. The highest BCUT2D eigenvalue weighted by molar-refractivity contribution is 9.10. The van der Waals surface area contributed by atoms with E-state index in [1.165, 1.54) is 6.07 Å². The van der Waals surface area contributed by atoms with Crippen molar-refractivity contribution >= 4 is 21.6 Å². The lowest BCUT2D eigenvalue weighted by molar-refractivity contribution is 0.466. The second-order valence-corrected chi connectivity index (χ2v) is 5.47. The van der Waals surface area contributed by atoms with Gasteiger partial charge in [0.05, 0.1) is 5.69 Å². The Morgan fingerprint density at radius 3 is 2.37 bits per heavy atom. The summed E-state index contributed by atoms with van der Waals surface area (Å²) in [6.07, 6.45) is 0. The molecule has 0 fully saturated rings. The fourth-order valence-corrected chi connectivity index (χ4v) is 2.31. The molecule has 0 radical (unpaired) electrons. The minimum Gasteiger partial charge on any atom is -0.507 e. The van der Waals surface area contributed by atoms with Crippen molar-refractivity contribution in [3.8, 4) is 5.75 Å². The van der Waals surface area contributed by atoms with Crippen LogP contribution in [-0.4, -0.2) is 5.11 Å². The number of halogens is 2. The normalized spacial score (nSPS) is 10.5. The molecule has 0 bridgehead atoms. The van der Waals surface area contributed by atoms with E-state index in [1.807, 2.05) is 26.0 Å². The number of nitrogens with one attached hydrogen (secondary N) is 1. The van der Waals surface area contributed by atoms with E-state index in [2.05, 4.69) is 21.2 Å². The van der Waals surface area contributed by atoms with Crippen molar-refractivity contribution in [2.45, 2.75) is 20.4 Å². The van der Waals surface area contributed by atoms with Crippen molar-refractivity contribution in [2.24, 2.45) is 0 Å². The van der Waals surface area contributed by atoms with E-state index in [9.17, 15) is 9.50 Å². The van der Waals surface area contributed by atoms with Crippen LogP contribution in [0.1, 0.15) is 16.7 Å². The molecule has 2 aromatic rings. The molecule has 2 aromatic carbocycles. The van der Waals surface area contributed by atoms with Crippen molar-refractivity contribution < 1.29 is 9.50 Å². The third-order valence-corrected chi connectivity index (χ3v) is 3.46. The Morgan fingerprint density at radius 1 is 1.16 bits per heavy atom. The molecule has 0 heterocycles. The van der Waals surface area contributed by atoms with E-state index in [4.69, 9.17) is 0 Å². The van der Waals surface area contributed by atoms with Gasteiger partial charge in [0.2, 0.25) is 0 Å². The van der Waals surface area contributed by atoms with Crippen LogP contribution < -0.4 is 5.32 Å². The molecule has 0 saturated heterocycles. The van der Waals surface area contributed by atoms with Gasteiger partial charge in [-0.2, -0.15) is 0 Å². The summed E-state index contributed by atoms with van der Waals surface area (Å²) in [5.74, 6) is 0.0279. The molecule has 0 saturated carbocycles. The fourth-order valence-electron chi connectivity index (χ4n) is 1.98. The number of hydrogen-bond acceptors (Lipinski definition) is 2. The molecule has 0 unspecified atom stereocenters. The maximum atomic E-state index is 13.6. The molecule has 0 aliphatic heterocycles. The van der Waals surface area contributed by atoms with Crippen LogP contribution in [0.25, 0.3) is 0 Å². The van der Waals surface area contributed by atoms with E-state index in [1.54, 1.807) is 12.1 Å². The van der Waals surface area contributed by atoms with E-state index in [-0.39, 0.29) is 5.82 Å². The molecule has 0 atom stereocenters. The van der Waals surface area contributed by atoms with Gasteiger partial charge in [0.1, 0.15) is 11.6 Å². The molecular weight excluding hydrogens is 309 g/mol. The summed E-state index contributed by atoms with van der Waals surface area (Å²) in [6.45, 7) is 4.22. The SMILES string of the molecule is Cc1cc(CNc2ccc(Br)cc2F)cc(C)c1O. The standard InChI is InChI=1S/C15H15BrFNO/c1-9-5-11(6-10(2)15(9)19)8-18-14-4-3-12(16)7-13(14)17/h3-7,18-19H,8H2,1-2H3. The van der Waals surface area contributed by atoms with Gasteiger partial charge in [0.15, 0.2) is 0 Å². The Labute approximate surface area is 120 Å². The molecule has 19 heavy (non-hydrogen) atoms. The first-order valence-corrected chi connectivity index (χ1v) is 6.74. The third-order valence-electron chi connectivity index (χ3n) is 2.96. The smallest absolute Gasteiger partial charge is 0.147 e. The number of aromatic hydroxyl groups is 1. The summed E-state index contributed by atoms with van der Waals surface area (Å²) < 4.78 is 14.4. The topological polar surface area (TPSA) is 32.3 Å². The summed E-state index contributed by atoms with van der Waals surface area (Å²) >= 11 is 3.22. The third kappa shape index (κ3) is 3.26. The Kier molecular flexibility index (Phi) is 4.10. The zero-order valence-corrected chi connectivity index (χ0v) is 12.4. The molecule has 2 nitrogen and oxygen atoms in total. The van der Waals surface area contributed by atoms with E-state index in [0.717, 1.165) is 16.7 Å². The molecule has 0 amide bonds. The zero-order valence-electron chi connectivity index (χ0n) is 10.8. The summed E-state index contributed by atoms with van der Waals surface area (Å²) in [4.78, 5) is 0. The number of anilines is 1. The number of phenols is 1. The highest BCUT2D eigenvalue weighted by Crippen LogP contribution is 2.24.